The first kappa shape index (κ1) is 13.8. The average Bonchev–Trinajstić information content (AvgIpc) is 2.50. The number of piperidine rings is 1. The zero-order chi connectivity index (χ0) is 13.8. The molecule has 1 aromatic heterocycles. The maximum absolute atomic E-state index is 5.55. The summed E-state index contributed by atoms with van der Waals surface area (Å²) >= 11 is 0. The summed E-state index contributed by atoms with van der Waals surface area (Å²) < 4.78 is 0. The van der Waals surface area contributed by atoms with Crippen molar-refractivity contribution >= 4 is 5.95 Å². The van der Waals surface area contributed by atoms with E-state index in [1.54, 1.807) is 0 Å². The monoisotopic (exact) mass is 274 g/mol. The number of aromatic nitrogens is 2. The molecule has 1 aliphatic carbocycles. The fourth-order valence-corrected chi connectivity index (χ4v) is 3.79. The van der Waals surface area contributed by atoms with Gasteiger partial charge in [0.15, 0.2) is 0 Å². The van der Waals surface area contributed by atoms with Gasteiger partial charge in [-0.2, -0.15) is 0 Å². The lowest BCUT2D eigenvalue weighted by Crippen LogP contribution is -2.41. The predicted molar refractivity (Wildman–Crippen MR) is 81.8 cm³/mol. The number of nitrogens with zero attached hydrogens (tertiary/aromatic N) is 3. The van der Waals surface area contributed by atoms with E-state index in [1.807, 2.05) is 12.4 Å². The van der Waals surface area contributed by atoms with Gasteiger partial charge >= 0.3 is 0 Å². The average molecular weight is 274 g/mol. The van der Waals surface area contributed by atoms with E-state index in [1.165, 1.54) is 44.9 Å². The summed E-state index contributed by atoms with van der Waals surface area (Å²) in [5, 5.41) is 0. The molecule has 0 unspecified atom stereocenters. The van der Waals surface area contributed by atoms with Crippen molar-refractivity contribution in [1.29, 1.82) is 0 Å². The minimum Gasteiger partial charge on any atom is -0.341 e. The summed E-state index contributed by atoms with van der Waals surface area (Å²) in [7, 11) is 0. The van der Waals surface area contributed by atoms with Crippen molar-refractivity contribution < 1.29 is 0 Å². The highest BCUT2D eigenvalue weighted by molar-refractivity contribution is 5.31. The van der Waals surface area contributed by atoms with Gasteiger partial charge in [0.25, 0.3) is 0 Å². The van der Waals surface area contributed by atoms with E-state index < -0.39 is 0 Å². The number of hydrogen-bond donors (Lipinski definition) is 1. The fourth-order valence-electron chi connectivity index (χ4n) is 3.79. The lowest BCUT2D eigenvalue weighted by Gasteiger charge is -2.44. The summed E-state index contributed by atoms with van der Waals surface area (Å²) in [4.78, 5) is 11.4. The van der Waals surface area contributed by atoms with Gasteiger partial charge in [0.1, 0.15) is 0 Å². The Morgan fingerprint density at radius 1 is 1.00 bits per heavy atom. The van der Waals surface area contributed by atoms with Crippen LogP contribution < -0.4 is 10.6 Å². The Bertz CT molecular complexity index is 413. The van der Waals surface area contributed by atoms with Gasteiger partial charge in [-0.05, 0) is 49.6 Å². The second kappa shape index (κ2) is 6.08. The Morgan fingerprint density at radius 3 is 2.25 bits per heavy atom. The second-order valence-electron chi connectivity index (χ2n) is 6.48. The van der Waals surface area contributed by atoms with Gasteiger partial charge in [0.05, 0.1) is 0 Å². The van der Waals surface area contributed by atoms with Crippen molar-refractivity contribution in [2.75, 3.05) is 24.5 Å². The molecule has 1 aromatic rings. The largest absolute Gasteiger partial charge is 0.341 e. The van der Waals surface area contributed by atoms with Gasteiger partial charge in [0.2, 0.25) is 5.95 Å². The molecule has 2 heterocycles. The zero-order valence-electron chi connectivity index (χ0n) is 12.4. The third-order valence-corrected chi connectivity index (χ3v) is 5.15. The molecule has 2 fully saturated rings. The SMILES string of the molecule is NCCc1cnc(N2CCC3(CCCCC3)CC2)nc1. The van der Waals surface area contributed by atoms with Crippen LogP contribution in [0, 0.1) is 5.41 Å². The molecule has 0 radical (unpaired) electrons. The maximum atomic E-state index is 5.55. The van der Waals surface area contributed by atoms with Crippen LogP contribution in [0.2, 0.25) is 0 Å². The van der Waals surface area contributed by atoms with Crippen LogP contribution in [0.15, 0.2) is 12.4 Å². The molecule has 4 heteroatoms. The van der Waals surface area contributed by atoms with Crippen molar-refractivity contribution in [3.63, 3.8) is 0 Å². The molecular formula is C16H26N4. The summed E-state index contributed by atoms with van der Waals surface area (Å²) in [6, 6.07) is 0. The molecule has 1 aliphatic heterocycles. The number of rotatable bonds is 3. The Morgan fingerprint density at radius 2 is 1.65 bits per heavy atom. The van der Waals surface area contributed by atoms with Gasteiger partial charge in [-0.15, -0.1) is 0 Å². The van der Waals surface area contributed by atoms with E-state index in [2.05, 4.69) is 14.9 Å². The van der Waals surface area contributed by atoms with Gasteiger partial charge in [-0.3, -0.25) is 0 Å². The normalized spacial score (nSPS) is 22.1. The van der Waals surface area contributed by atoms with E-state index in [-0.39, 0.29) is 0 Å². The minimum absolute atomic E-state index is 0.647. The molecule has 1 spiro atoms. The first-order chi connectivity index (χ1) is 9.81. The molecule has 20 heavy (non-hydrogen) atoms. The smallest absolute Gasteiger partial charge is 0.225 e. The van der Waals surface area contributed by atoms with Crippen LogP contribution in [0.1, 0.15) is 50.5 Å². The highest BCUT2D eigenvalue weighted by atomic mass is 15.2. The van der Waals surface area contributed by atoms with Crippen LogP contribution in [0.5, 0.6) is 0 Å². The number of anilines is 1. The molecule has 4 nitrogen and oxygen atoms in total. The Labute approximate surface area is 121 Å². The number of hydrogen-bond acceptors (Lipinski definition) is 4. The van der Waals surface area contributed by atoms with Crippen molar-refractivity contribution in [2.45, 2.75) is 51.4 Å². The Hall–Kier alpha value is -1.16. The fraction of sp³-hybridized carbons (Fsp3) is 0.750. The van der Waals surface area contributed by atoms with Gasteiger partial charge in [-0.25, -0.2) is 9.97 Å². The molecule has 3 rings (SSSR count). The van der Waals surface area contributed by atoms with Crippen LogP contribution in [0.4, 0.5) is 5.95 Å². The van der Waals surface area contributed by atoms with E-state index in [0.29, 0.717) is 12.0 Å². The van der Waals surface area contributed by atoms with Gasteiger partial charge in [0, 0.05) is 25.5 Å². The predicted octanol–water partition coefficient (Wildman–Crippen LogP) is 2.53. The molecular weight excluding hydrogens is 248 g/mol. The van der Waals surface area contributed by atoms with Crippen LogP contribution in [0.25, 0.3) is 0 Å². The molecule has 0 aromatic carbocycles. The second-order valence-corrected chi connectivity index (χ2v) is 6.48. The van der Waals surface area contributed by atoms with Crippen LogP contribution >= 0.6 is 0 Å². The van der Waals surface area contributed by atoms with Crippen LogP contribution in [0.3, 0.4) is 0 Å². The minimum atomic E-state index is 0.647. The van der Waals surface area contributed by atoms with Crippen molar-refractivity contribution in [3.05, 3.63) is 18.0 Å². The van der Waals surface area contributed by atoms with E-state index in [9.17, 15) is 0 Å². The Kier molecular flexibility index (Phi) is 4.20. The highest BCUT2D eigenvalue weighted by Crippen LogP contribution is 2.44. The first-order valence-electron chi connectivity index (χ1n) is 8.07. The Balaban J connectivity index is 1.59. The third-order valence-electron chi connectivity index (χ3n) is 5.15. The van der Waals surface area contributed by atoms with Crippen molar-refractivity contribution in [3.8, 4) is 0 Å². The van der Waals surface area contributed by atoms with Crippen molar-refractivity contribution in [1.82, 2.24) is 9.97 Å². The molecule has 0 bridgehead atoms. The molecule has 0 atom stereocenters. The molecule has 1 saturated heterocycles. The topological polar surface area (TPSA) is 55.0 Å². The van der Waals surface area contributed by atoms with Crippen LogP contribution in [-0.4, -0.2) is 29.6 Å². The van der Waals surface area contributed by atoms with Gasteiger partial charge < -0.3 is 10.6 Å². The van der Waals surface area contributed by atoms with Gasteiger partial charge in [-0.1, -0.05) is 19.3 Å². The zero-order valence-corrected chi connectivity index (χ0v) is 12.4. The summed E-state index contributed by atoms with van der Waals surface area (Å²) in [5.41, 5.74) is 7.34. The summed E-state index contributed by atoms with van der Waals surface area (Å²) in [6.45, 7) is 2.90. The van der Waals surface area contributed by atoms with E-state index >= 15 is 0 Å². The van der Waals surface area contributed by atoms with Crippen LogP contribution in [-0.2, 0) is 6.42 Å². The molecule has 1 saturated carbocycles. The first-order valence-corrected chi connectivity index (χ1v) is 8.07. The standard InChI is InChI=1S/C16H26N4/c17-9-4-14-12-18-15(19-13-14)20-10-7-16(8-11-20)5-2-1-3-6-16/h12-13H,1-11,17H2. The number of nitrogens with two attached hydrogens (primary N) is 1. The lowest BCUT2D eigenvalue weighted by molar-refractivity contribution is 0.144. The molecule has 110 valence electrons. The summed E-state index contributed by atoms with van der Waals surface area (Å²) in [6.07, 6.45) is 14.6. The van der Waals surface area contributed by atoms with Crippen molar-refractivity contribution in [2.24, 2.45) is 11.1 Å². The summed E-state index contributed by atoms with van der Waals surface area (Å²) in [5.74, 6) is 0.899. The quantitative estimate of drug-likeness (QED) is 0.920. The molecule has 2 N–H and O–H groups in total. The van der Waals surface area contributed by atoms with E-state index in [4.69, 9.17) is 5.73 Å². The molecule has 0 amide bonds. The third kappa shape index (κ3) is 2.95. The molecule has 2 aliphatic rings. The van der Waals surface area contributed by atoms with E-state index in [0.717, 1.165) is 31.0 Å². The lowest BCUT2D eigenvalue weighted by atomic mass is 9.68. The highest BCUT2D eigenvalue weighted by Gasteiger charge is 2.35. The maximum Gasteiger partial charge on any atom is 0.225 e.